The summed E-state index contributed by atoms with van der Waals surface area (Å²) in [5.74, 6) is -4.96. The fraction of sp³-hybridized carbons (Fsp3) is 0.617. The first kappa shape index (κ1) is 56.0. The van der Waals surface area contributed by atoms with Crippen LogP contribution in [0.5, 0.6) is 0 Å². The molecular formula is C47H57F3O20. The zero-order valence-electron chi connectivity index (χ0n) is 39.2. The second kappa shape index (κ2) is 24.8. The number of hydrogen-bond acceptors (Lipinski definition) is 20. The highest BCUT2D eigenvalue weighted by molar-refractivity contribution is 5.90. The molecule has 70 heavy (non-hydrogen) atoms. The van der Waals surface area contributed by atoms with Crippen LogP contribution < -0.4 is 0 Å². The maximum atomic E-state index is 11.9. The van der Waals surface area contributed by atoms with E-state index in [0.717, 1.165) is 38.5 Å². The van der Waals surface area contributed by atoms with Crippen molar-refractivity contribution in [1.82, 2.24) is 0 Å². The van der Waals surface area contributed by atoms with Gasteiger partial charge in [0.2, 0.25) is 6.10 Å². The molecule has 4 saturated heterocycles. The summed E-state index contributed by atoms with van der Waals surface area (Å²) < 4.78 is 84.1. The van der Waals surface area contributed by atoms with Gasteiger partial charge in [-0.2, -0.15) is 13.2 Å². The van der Waals surface area contributed by atoms with Crippen molar-refractivity contribution in [3.8, 4) is 0 Å². The van der Waals surface area contributed by atoms with Gasteiger partial charge in [-0.15, -0.1) is 0 Å². The van der Waals surface area contributed by atoms with E-state index in [4.69, 9.17) is 33.2 Å². The lowest BCUT2D eigenvalue weighted by molar-refractivity contribution is -0.177. The van der Waals surface area contributed by atoms with E-state index < -0.39 is 98.5 Å². The molecule has 0 amide bonds. The highest BCUT2D eigenvalue weighted by Crippen LogP contribution is 2.55. The van der Waals surface area contributed by atoms with Gasteiger partial charge in [-0.05, 0) is 72.1 Å². The fourth-order valence-electron chi connectivity index (χ4n) is 8.81. The van der Waals surface area contributed by atoms with Crippen LogP contribution in [0.25, 0.3) is 0 Å². The van der Waals surface area contributed by atoms with E-state index in [1.807, 2.05) is 0 Å². The van der Waals surface area contributed by atoms with E-state index in [1.165, 1.54) is 27.7 Å². The zero-order chi connectivity index (χ0) is 52.2. The molecule has 0 radical (unpaired) electrons. The second-order valence-corrected chi connectivity index (χ2v) is 17.8. The Balaban J connectivity index is 0.000000208. The first-order chi connectivity index (χ1) is 32.7. The number of alkyl halides is 3. The summed E-state index contributed by atoms with van der Waals surface area (Å²) in [6.07, 6.45) is -3.09. The Morgan fingerprint density at radius 2 is 1.13 bits per heavy atom. The standard InChI is InChI=1S/C16H20O6.C14H16O6.C9H11F3O4.C8H10O4/c1-8(2)15(18)20-7-13(17)22-14-10-3-9-4-11(6-10)16(19)21-12(14)5-9;1-6(2)13(16)18-5-10(15)19-11-7-3-8-9(4-7)14(17)20-12(8)11;1-6(2)8(14)16-4-3-15-7(13)5-9(10,11)12;1-5(2)7(9)12-6-3-4-11-8(6)10/h9-12,14H,1,3-7H2,2H3;7-9,11-12H,1,3-5H2,2H3;1,3-5H2,2H3;6H,1,3-4H2,2H3. The largest absolute Gasteiger partial charge is 0.463 e. The van der Waals surface area contributed by atoms with Crippen molar-refractivity contribution >= 4 is 59.7 Å². The summed E-state index contributed by atoms with van der Waals surface area (Å²) in [7, 11) is 0. The van der Waals surface area contributed by atoms with Crippen molar-refractivity contribution in [2.45, 2.75) is 116 Å². The van der Waals surface area contributed by atoms with Gasteiger partial charge >= 0.3 is 65.9 Å². The molecule has 0 aromatic carbocycles. The smallest absolute Gasteiger partial charge is 0.399 e. The number of rotatable bonds is 15. The normalized spacial score (nSPS) is 27.8. The molecule has 8 fully saturated rings. The molecular weight excluding hydrogens is 941 g/mol. The third kappa shape index (κ3) is 16.3. The van der Waals surface area contributed by atoms with Crippen LogP contribution in [-0.4, -0.2) is 129 Å². The maximum absolute atomic E-state index is 11.9. The third-order valence-electron chi connectivity index (χ3n) is 11.9. The molecule has 4 aliphatic carbocycles. The Morgan fingerprint density at radius 3 is 1.67 bits per heavy atom. The van der Waals surface area contributed by atoms with Gasteiger partial charge in [0.15, 0.2) is 13.2 Å². The lowest BCUT2D eigenvalue weighted by atomic mass is 9.67. The van der Waals surface area contributed by atoms with Crippen molar-refractivity contribution in [2.75, 3.05) is 33.0 Å². The van der Waals surface area contributed by atoms with Crippen molar-refractivity contribution < 1.29 is 108 Å². The van der Waals surface area contributed by atoms with E-state index in [9.17, 15) is 61.1 Å². The Hall–Kier alpha value is -6.55. The number of hydrogen-bond donors (Lipinski definition) is 0. The predicted molar refractivity (Wildman–Crippen MR) is 227 cm³/mol. The highest BCUT2D eigenvalue weighted by Gasteiger charge is 2.63. The minimum atomic E-state index is -4.59. The Bertz CT molecular complexity index is 2110. The molecule has 6 bridgehead atoms. The average Bonchev–Trinajstić information content (AvgIpc) is 4.00. The van der Waals surface area contributed by atoms with Crippen LogP contribution in [0.1, 0.15) is 79.1 Å². The maximum Gasteiger partial charge on any atom is 0.399 e. The van der Waals surface area contributed by atoms with Gasteiger partial charge in [0.25, 0.3) is 0 Å². The zero-order valence-corrected chi connectivity index (χ0v) is 39.2. The van der Waals surface area contributed by atoms with Crippen LogP contribution in [0, 0.1) is 35.5 Å². The van der Waals surface area contributed by atoms with Gasteiger partial charge in [0.05, 0.1) is 18.4 Å². The van der Waals surface area contributed by atoms with Gasteiger partial charge in [-0.3, -0.25) is 14.4 Å². The van der Waals surface area contributed by atoms with Crippen LogP contribution >= 0.6 is 0 Å². The van der Waals surface area contributed by atoms with E-state index in [2.05, 4.69) is 40.5 Å². The summed E-state index contributed by atoms with van der Waals surface area (Å²) in [4.78, 5) is 113. The fourth-order valence-corrected chi connectivity index (χ4v) is 8.81. The predicted octanol–water partition coefficient (Wildman–Crippen LogP) is 4.00. The molecule has 4 heterocycles. The lowest BCUT2D eigenvalue weighted by Crippen LogP contribution is -2.45. The highest BCUT2D eigenvalue weighted by atomic mass is 19.4. The minimum Gasteiger partial charge on any atom is -0.463 e. The number of carbonyl (C=O) groups excluding carboxylic acids is 10. The Morgan fingerprint density at radius 1 is 0.586 bits per heavy atom. The first-order valence-electron chi connectivity index (χ1n) is 22.3. The molecule has 23 heteroatoms. The number of carbonyl (C=O) groups is 10. The lowest BCUT2D eigenvalue weighted by Gasteiger charge is -2.41. The summed E-state index contributed by atoms with van der Waals surface area (Å²) in [5.41, 5.74) is 0.898. The van der Waals surface area contributed by atoms with Crippen molar-refractivity contribution in [1.29, 1.82) is 0 Å². The van der Waals surface area contributed by atoms with Gasteiger partial charge in [0, 0.05) is 46.5 Å². The number of ether oxygens (including phenoxy) is 10. The van der Waals surface area contributed by atoms with Gasteiger partial charge in [0.1, 0.15) is 44.1 Å². The van der Waals surface area contributed by atoms with Crippen LogP contribution in [0.3, 0.4) is 0 Å². The van der Waals surface area contributed by atoms with E-state index in [1.54, 1.807) is 0 Å². The number of esters is 10. The second-order valence-electron chi connectivity index (χ2n) is 17.8. The Kier molecular flexibility index (Phi) is 19.9. The summed E-state index contributed by atoms with van der Waals surface area (Å²) in [6.45, 7) is 18.2. The molecule has 20 nitrogen and oxygen atoms in total. The van der Waals surface area contributed by atoms with Crippen molar-refractivity contribution in [3.63, 3.8) is 0 Å². The van der Waals surface area contributed by atoms with E-state index in [-0.39, 0.29) is 82.6 Å². The van der Waals surface area contributed by atoms with E-state index in [0.29, 0.717) is 18.9 Å². The number of halogens is 3. The van der Waals surface area contributed by atoms with Crippen molar-refractivity contribution in [3.05, 3.63) is 48.6 Å². The molecule has 4 saturated carbocycles. The molecule has 0 aromatic heterocycles. The van der Waals surface area contributed by atoms with Crippen molar-refractivity contribution in [2.24, 2.45) is 35.5 Å². The topological polar surface area (TPSA) is 263 Å². The average molecular weight is 999 g/mol. The quantitative estimate of drug-likeness (QED) is 0.0971. The molecule has 4 aliphatic heterocycles. The number of fused-ring (bicyclic) bond motifs is 2. The van der Waals surface area contributed by atoms with Gasteiger partial charge in [-0.25, -0.2) is 33.6 Å². The molecule has 11 unspecified atom stereocenters. The van der Waals surface area contributed by atoms with Crippen LogP contribution in [0.4, 0.5) is 13.2 Å². The molecule has 0 N–H and O–H groups in total. The monoisotopic (exact) mass is 998 g/mol. The van der Waals surface area contributed by atoms with Crippen LogP contribution in [0.15, 0.2) is 48.6 Å². The molecule has 11 atom stereocenters. The first-order valence-corrected chi connectivity index (χ1v) is 22.3. The summed E-state index contributed by atoms with van der Waals surface area (Å²) in [6, 6.07) is 0. The molecule has 8 aliphatic rings. The molecule has 386 valence electrons. The van der Waals surface area contributed by atoms with Gasteiger partial charge in [-0.1, -0.05) is 26.3 Å². The Labute approximate surface area is 400 Å². The van der Waals surface area contributed by atoms with Gasteiger partial charge < -0.3 is 47.4 Å². The molecule has 0 aromatic rings. The van der Waals surface area contributed by atoms with E-state index >= 15 is 0 Å². The SMILES string of the molecule is C=C(C)C(=O)OC1CCOC1=O.C=C(C)C(=O)OCC(=O)OC1C2CC3C(=O)OC1C3C2.C=C(C)C(=O)OCC(=O)OC1C2CC3CC(C2)C(=O)OC1C3.C=C(C)C(=O)OCCOC(=O)CC(F)(F)F. The number of cyclic esters (lactones) is 1. The molecule has 0 spiro atoms. The third-order valence-corrected chi connectivity index (χ3v) is 11.9. The van der Waals surface area contributed by atoms with Crippen LogP contribution in [0.2, 0.25) is 0 Å². The molecule has 8 rings (SSSR count). The summed E-state index contributed by atoms with van der Waals surface area (Å²) in [5, 5.41) is 0. The minimum absolute atomic E-state index is 0.0128. The summed E-state index contributed by atoms with van der Waals surface area (Å²) >= 11 is 0. The van der Waals surface area contributed by atoms with Crippen LogP contribution in [-0.2, 0) is 95.3 Å².